The molecule has 0 aliphatic carbocycles. The van der Waals surface area contributed by atoms with Crippen LogP contribution >= 0.6 is 11.3 Å². The predicted octanol–water partition coefficient (Wildman–Crippen LogP) is 4.80. The first-order valence-electron chi connectivity index (χ1n) is 8.58. The lowest BCUT2D eigenvalue weighted by atomic mass is 10.2. The number of aryl methyl sites for hydroxylation is 1. The number of rotatable bonds is 6. The molecule has 2 heterocycles. The van der Waals surface area contributed by atoms with E-state index in [-0.39, 0.29) is 17.3 Å². The number of hydrogen-bond donors (Lipinski definition) is 2. The molecule has 2 N–H and O–H groups in total. The van der Waals surface area contributed by atoms with Crippen LogP contribution in [0.2, 0.25) is 0 Å². The summed E-state index contributed by atoms with van der Waals surface area (Å²) in [5.41, 5.74) is 2.22. The Kier molecular flexibility index (Phi) is 4.92. The fraction of sp³-hybridized carbons (Fsp3) is 0.105. The Labute approximate surface area is 169 Å². The van der Waals surface area contributed by atoms with E-state index in [0.717, 1.165) is 15.8 Å². The van der Waals surface area contributed by atoms with Crippen molar-refractivity contribution in [3.05, 3.63) is 64.5 Å². The smallest absolute Gasteiger partial charge is 0.353 e. The maximum Gasteiger partial charge on any atom is 0.353 e. The maximum atomic E-state index is 11.8. The molecule has 0 saturated heterocycles. The van der Waals surface area contributed by atoms with Crippen molar-refractivity contribution in [2.24, 2.45) is 0 Å². The molecule has 9 nitrogen and oxygen atoms in total. The number of ether oxygens (including phenoxy) is 1. The zero-order valence-electron chi connectivity index (χ0n) is 15.5. The molecule has 0 radical (unpaired) electrons. The van der Waals surface area contributed by atoms with Crippen molar-refractivity contribution in [2.45, 2.75) is 6.92 Å². The number of hydrogen-bond acceptors (Lipinski definition) is 9. The van der Waals surface area contributed by atoms with Crippen LogP contribution in [-0.4, -0.2) is 27.0 Å². The number of fused-ring (bicyclic) bond motifs is 1. The summed E-state index contributed by atoms with van der Waals surface area (Å²) >= 11 is 1.35. The van der Waals surface area contributed by atoms with Crippen LogP contribution in [0.15, 0.2) is 48.8 Å². The first-order chi connectivity index (χ1) is 14.0. The van der Waals surface area contributed by atoms with E-state index in [2.05, 4.69) is 25.6 Å². The summed E-state index contributed by atoms with van der Waals surface area (Å²) in [6, 6.07) is 13.0. The minimum absolute atomic E-state index is 0.0613. The number of thiazole rings is 1. The normalized spacial score (nSPS) is 10.7. The summed E-state index contributed by atoms with van der Waals surface area (Å²) < 4.78 is 6.11. The number of nitro groups is 1. The topological polar surface area (TPSA) is 115 Å². The van der Waals surface area contributed by atoms with Crippen LogP contribution in [0.1, 0.15) is 5.56 Å². The molecule has 10 heteroatoms. The van der Waals surface area contributed by atoms with Crippen molar-refractivity contribution in [3.8, 4) is 5.75 Å². The van der Waals surface area contributed by atoms with Gasteiger partial charge in [-0.05, 0) is 42.8 Å². The number of nitrogens with zero attached hydrogens (tertiary/aromatic N) is 4. The third-order valence-electron chi connectivity index (χ3n) is 4.11. The second-order valence-corrected chi connectivity index (χ2v) is 7.18. The van der Waals surface area contributed by atoms with Crippen LogP contribution in [0.3, 0.4) is 0 Å². The maximum absolute atomic E-state index is 11.8. The Bertz CT molecular complexity index is 1210. The van der Waals surface area contributed by atoms with E-state index in [1.165, 1.54) is 17.7 Å². The zero-order chi connectivity index (χ0) is 20.4. The lowest BCUT2D eigenvalue weighted by molar-refractivity contribution is -0.383. The molecule has 146 valence electrons. The third kappa shape index (κ3) is 3.92. The van der Waals surface area contributed by atoms with Crippen LogP contribution in [0.25, 0.3) is 10.2 Å². The largest absolute Gasteiger partial charge is 0.497 e. The van der Waals surface area contributed by atoms with Gasteiger partial charge in [-0.1, -0.05) is 23.5 Å². The quantitative estimate of drug-likeness (QED) is 0.345. The molecule has 0 unspecified atom stereocenters. The van der Waals surface area contributed by atoms with Crippen LogP contribution in [0.4, 0.5) is 28.1 Å². The monoisotopic (exact) mass is 408 g/mol. The van der Waals surface area contributed by atoms with Crippen molar-refractivity contribution >= 4 is 49.7 Å². The van der Waals surface area contributed by atoms with Gasteiger partial charge >= 0.3 is 5.69 Å². The van der Waals surface area contributed by atoms with Crippen molar-refractivity contribution in [3.63, 3.8) is 0 Å². The molecule has 0 aliphatic heterocycles. The Morgan fingerprint density at radius 1 is 1.10 bits per heavy atom. The molecule has 29 heavy (non-hydrogen) atoms. The summed E-state index contributed by atoms with van der Waals surface area (Å²) in [7, 11) is 1.59. The van der Waals surface area contributed by atoms with Gasteiger partial charge in [0, 0.05) is 5.69 Å². The van der Waals surface area contributed by atoms with Crippen molar-refractivity contribution in [2.75, 3.05) is 17.7 Å². The first-order valence-corrected chi connectivity index (χ1v) is 9.40. The average molecular weight is 408 g/mol. The van der Waals surface area contributed by atoms with Crippen LogP contribution in [0, 0.1) is 17.0 Å². The minimum Gasteiger partial charge on any atom is -0.497 e. The lowest BCUT2D eigenvalue weighted by Crippen LogP contribution is -2.05. The Balaban J connectivity index is 1.69. The highest BCUT2D eigenvalue weighted by molar-refractivity contribution is 7.22. The molecule has 0 amide bonds. The van der Waals surface area contributed by atoms with E-state index >= 15 is 0 Å². The van der Waals surface area contributed by atoms with Gasteiger partial charge in [-0.15, -0.1) is 0 Å². The summed E-state index contributed by atoms with van der Waals surface area (Å²) in [5, 5.41) is 18.2. The lowest BCUT2D eigenvalue weighted by Gasteiger charge is -2.09. The number of methoxy groups -OCH3 is 1. The van der Waals surface area contributed by atoms with E-state index < -0.39 is 4.92 Å². The van der Waals surface area contributed by atoms with Crippen molar-refractivity contribution in [1.29, 1.82) is 0 Å². The number of benzene rings is 2. The molecule has 4 rings (SSSR count). The third-order valence-corrected chi connectivity index (χ3v) is 5.04. The van der Waals surface area contributed by atoms with Gasteiger partial charge in [0.15, 0.2) is 5.13 Å². The first kappa shape index (κ1) is 18.6. The Morgan fingerprint density at radius 3 is 2.62 bits per heavy atom. The second kappa shape index (κ2) is 7.68. The van der Waals surface area contributed by atoms with Gasteiger partial charge in [-0.3, -0.25) is 10.1 Å². The molecular formula is C19H16N6O3S. The zero-order valence-corrected chi connectivity index (χ0v) is 16.4. The summed E-state index contributed by atoms with van der Waals surface area (Å²) in [4.78, 5) is 23.8. The molecule has 0 fully saturated rings. The summed E-state index contributed by atoms with van der Waals surface area (Å²) in [6.45, 7) is 1.94. The molecule has 0 aliphatic rings. The van der Waals surface area contributed by atoms with Gasteiger partial charge in [-0.2, -0.15) is 0 Å². The van der Waals surface area contributed by atoms with Gasteiger partial charge < -0.3 is 15.4 Å². The average Bonchev–Trinajstić information content (AvgIpc) is 3.09. The van der Waals surface area contributed by atoms with Gasteiger partial charge in [-0.25, -0.2) is 15.0 Å². The van der Waals surface area contributed by atoms with E-state index in [0.29, 0.717) is 16.6 Å². The highest BCUT2D eigenvalue weighted by Crippen LogP contribution is 2.36. The molecule has 0 spiro atoms. The molecule has 2 aromatic heterocycles. The van der Waals surface area contributed by atoms with Crippen LogP contribution in [0.5, 0.6) is 5.75 Å². The highest BCUT2D eigenvalue weighted by Gasteiger charge is 2.24. The molecule has 0 atom stereocenters. The molecule has 4 aromatic rings. The SMILES string of the molecule is COc1ccc2nc(Nc3ncnc(Nc4cccc(C)c4)c3[N+](=O)[O-])sc2c1. The number of anilines is 4. The standard InChI is InChI=1S/C19H16N6O3S/c1-11-4-3-5-12(8-11)22-17-16(25(26)27)18(21-10-20-17)24-19-23-14-7-6-13(28-2)9-15(14)29-19/h3-10H,1-2H3,(H2,20,21,22,23,24). The Morgan fingerprint density at radius 2 is 1.90 bits per heavy atom. The second-order valence-electron chi connectivity index (χ2n) is 6.15. The minimum atomic E-state index is -0.517. The fourth-order valence-electron chi connectivity index (χ4n) is 2.78. The molecule has 0 bridgehead atoms. The molecule has 0 saturated carbocycles. The van der Waals surface area contributed by atoms with Gasteiger partial charge in [0.2, 0.25) is 11.6 Å². The van der Waals surface area contributed by atoms with Gasteiger partial charge in [0.1, 0.15) is 12.1 Å². The number of nitrogens with one attached hydrogen (secondary N) is 2. The van der Waals surface area contributed by atoms with Gasteiger partial charge in [0.25, 0.3) is 0 Å². The Hall–Kier alpha value is -3.79. The molecule has 2 aromatic carbocycles. The van der Waals surface area contributed by atoms with E-state index in [4.69, 9.17) is 4.74 Å². The van der Waals surface area contributed by atoms with E-state index in [1.807, 2.05) is 49.4 Å². The van der Waals surface area contributed by atoms with E-state index in [1.54, 1.807) is 7.11 Å². The van der Waals surface area contributed by atoms with Crippen molar-refractivity contribution < 1.29 is 9.66 Å². The number of aromatic nitrogens is 3. The van der Waals surface area contributed by atoms with Crippen LogP contribution in [-0.2, 0) is 0 Å². The predicted molar refractivity (Wildman–Crippen MR) is 113 cm³/mol. The highest BCUT2D eigenvalue weighted by atomic mass is 32.1. The van der Waals surface area contributed by atoms with Crippen LogP contribution < -0.4 is 15.4 Å². The summed E-state index contributed by atoms with van der Waals surface area (Å²) in [5.74, 6) is 0.873. The summed E-state index contributed by atoms with van der Waals surface area (Å²) in [6.07, 6.45) is 1.27. The van der Waals surface area contributed by atoms with Gasteiger partial charge in [0.05, 0.1) is 22.2 Å². The fourth-order valence-corrected chi connectivity index (χ4v) is 3.67. The van der Waals surface area contributed by atoms with E-state index in [9.17, 15) is 10.1 Å². The van der Waals surface area contributed by atoms with Crippen molar-refractivity contribution in [1.82, 2.24) is 15.0 Å². The molecular weight excluding hydrogens is 392 g/mol.